The summed E-state index contributed by atoms with van der Waals surface area (Å²) >= 11 is 0. The fourth-order valence-electron chi connectivity index (χ4n) is 6.67. The summed E-state index contributed by atoms with van der Waals surface area (Å²) in [5.41, 5.74) is 5.36. The van der Waals surface area contributed by atoms with Crippen LogP contribution in [0.1, 0.15) is 106 Å². The molecule has 1 fully saturated rings. The molecule has 0 saturated heterocycles. The van der Waals surface area contributed by atoms with Gasteiger partial charge in [0.25, 0.3) is 0 Å². The molecule has 2 atom stereocenters. The van der Waals surface area contributed by atoms with Gasteiger partial charge in [-0.05, 0) is 35.8 Å². The second-order valence-corrected chi connectivity index (χ2v) is 10.1. The molecule has 0 N–H and O–H groups in total. The minimum absolute atomic E-state index is 0.0384. The van der Waals surface area contributed by atoms with Crippen molar-refractivity contribution in [3.63, 3.8) is 0 Å². The molecule has 4 aromatic carbocycles. The van der Waals surface area contributed by atoms with E-state index < -0.39 is 0 Å². The zero-order valence-corrected chi connectivity index (χ0v) is 20.0. The molecule has 3 aliphatic rings. The van der Waals surface area contributed by atoms with Crippen LogP contribution >= 0.6 is 0 Å². The first-order chi connectivity index (χ1) is 18.1. The van der Waals surface area contributed by atoms with E-state index in [0.29, 0.717) is 44.5 Å². The van der Waals surface area contributed by atoms with Gasteiger partial charge >= 0.3 is 0 Å². The Morgan fingerprint density at radius 2 is 0.757 bits per heavy atom. The molecule has 0 heterocycles. The monoisotopic (exact) mass is 482 g/mol. The maximum absolute atomic E-state index is 13.7. The van der Waals surface area contributed by atoms with Crippen molar-refractivity contribution in [3.05, 3.63) is 141 Å². The number of fused-ring (bicyclic) bond motifs is 4. The lowest BCUT2D eigenvalue weighted by molar-refractivity contribution is 0.0977. The quantitative estimate of drug-likeness (QED) is 0.291. The van der Waals surface area contributed by atoms with Crippen molar-refractivity contribution in [2.45, 2.75) is 31.1 Å². The van der Waals surface area contributed by atoms with E-state index in [1.807, 2.05) is 24.3 Å². The van der Waals surface area contributed by atoms with Gasteiger partial charge in [0.2, 0.25) is 0 Å². The number of carbonyl (C=O) groups excluding carboxylic acids is 4. The lowest BCUT2D eigenvalue weighted by Gasteiger charge is -2.29. The number of ketones is 4. The molecular weight excluding hydrogens is 460 g/mol. The van der Waals surface area contributed by atoms with E-state index in [1.165, 1.54) is 0 Å². The van der Waals surface area contributed by atoms with Crippen LogP contribution in [0.2, 0.25) is 0 Å². The van der Waals surface area contributed by atoms with E-state index in [1.54, 1.807) is 60.7 Å². The van der Waals surface area contributed by atoms with Gasteiger partial charge in [-0.2, -0.15) is 0 Å². The minimum Gasteiger partial charge on any atom is -0.289 e. The maximum atomic E-state index is 13.7. The van der Waals surface area contributed by atoms with Crippen LogP contribution in [-0.2, 0) is 0 Å². The largest absolute Gasteiger partial charge is 0.289 e. The molecule has 0 bridgehead atoms. The van der Waals surface area contributed by atoms with Gasteiger partial charge in [-0.3, -0.25) is 19.2 Å². The Morgan fingerprint density at radius 1 is 0.405 bits per heavy atom. The molecule has 37 heavy (non-hydrogen) atoms. The molecule has 1 saturated carbocycles. The molecule has 7 rings (SSSR count). The first-order valence-corrected chi connectivity index (χ1v) is 12.7. The smallest absolute Gasteiger partial charge is 0.194 e. The van der Waals surface area contributed by atoms with Crippen molar-refractivity contribution in [3.8, 4) is 0 Å². The average Bonchev–Trinajstić information content (AvgIpc) is 3.43. The van der Waals surface area contributed by atoms with Gasteiger partial charge in [-0.1, -0.05) is 91.3 Å². The highest BCUT2D eigenvalue weighted by Gasteiger charge is 2.40. The lowest BCUT2D eigenvalue weighted by Crippen LogP contribution is -2.25. The molecule has 3 aliphatic carbocycles. The fraction of sp³-hybridized carbons (Fsp3) is 0.152. The van der Waals surface area contributed by atoms with Crippen LogP contribution in [0.4, 0.5) is 0 Å². The summed E-state index contributed by atoms with van der Waals surface area (Å²) in [5.74, 6) is -0.581. The van der Waals surface area contributed by atoms with Crippen LogP contribution in [0.3, 0.4) is 0 Å². The second-order valence-electron chi connectivity index (χ2n) is 10.1. The molecule has 0 aromatic heterocycles. The SMILES string of the molecule is O=C1c2ccccc2C(=O)c2c1cccc2C1CCCC1c1cccc2c1C(=O)c1ccccc1C2=O. The van der Waals surface area contributed by atoms with Crippen LogP contribution in [0.25, 0.3) is 0 Å². The highest BCUT2D eigenvalue weighted by Crippen LogP contribution is 2.50. The summed E-state index contributed by atoms with van der Waals surface area (Å²) in [6.07, 6.45) is 2.61. The van der Waals surface area contributed by atoms with Crippen LogP contribution in [-0.4, -0.2) is 23.1 Å². The second kappa shape index (κ2) is 8.04. The van der Waals surface area contributed by atoms with E-state index in [-0.39, 0.29) is 35.0 Å². The van der Waals surface area contributed by atoms with Crippen LogP contribution in [0, 0.1) is 0 Å². The molecule has 4 nitrogen and oxygen atoms in total. The minimum atomic E-state index is -0.129. The number of carbonyl (C=O) groups is 4. The van der Waals surface area contributed by atoms with Gasteiger partial charge in [0.1, 0.15) is 0 Å². The summed E-state index contributed by atoms with van der Waals surface area (Å²) in [6, 6.07) is 25.1. The van der Waals surface area contributed by atoms with Crippen molar-refractivity contribution < 1.29 is 19.2 Å². The highest BCUT2D eigenvalue weighted by molar-refractivity contribution is 6.30. The molecule has 0 spiro atoms. The molecule has 4 heteroatoms. The van der Waals surface area contributed by atoms with Gasteiger partial charge in [-0.25, -0.2) is 0 Å². The highest BCUT2D eigenvalue weighted by atomic mass is 16.1. The Bertz CT molecular complexity index is 1570. The third-order valence-corrected chi connectivity index (χ3v) is 8.28. The summed E-state index contributed by atoms with van der Waals surface area (Å²) in [6.45, 7) is 0. The number of hydrogen-bond acceptors (Lipinski definition) is 4. The topological polar surface area (TPSA) is 68.3 Å². The van der Waals surface area contributed by atoms with E-state index in [0.717, 1.165) is 30.4 Å². The Hall–Kier alpha value is -4.44. The van der Waals surface area contributed by atoms with Crippen molar-refractivity contribution in [2.75, 3.05) is 0 Å². The molecule has 2 unspecified atom stereocenters. The van der Waals surface area contributed by atoms with Gasteiger partial charge in [0.15, 0.2) is 23.1 Å². The predicted molar refractivity (Wildman–Crippen MR) is 139 cm³/mol. The van der Waals surface area contributed by atoms with Gasteiger partial charge in [-0.15, -0.1) is 0 Å². The first kappa shape index (κ1) is 21.8. The first-order valence-electron chi connectivity index (χ1n) is 12.7. The van der Waals surface area contributed by atoms with Crippen molar-refractivity contribution in [1.29, 1.82) is 0 Å². The standard InChI is InChI=1S/C33H22O4/c34-30-22-8-1-3-10-24(22)32(36)28-20(14-6-16-26(28)30)18-12-5-13-19(18)21-15-7-17-27-29(21)33(37)25-11-4-2-9-23(25)31(27)35/h1-4,6-11,14-19H,5,12-13H2. The fourth-order valence-corrected chi connectivity index (χ4v) is 6.67. The summed E-state index contributed by atoms with van der Waals surface area (Å²) in [5, 5.41) is 0. The summed E-state index contributed by atoms with van der Waals surface area (Å²) in [4.78, 5) is 54.0. The van der Waals surface area contributed by atoms with Gasteiger partial charge in [0, 0.05) is 44.5 Å². The van der Waals surface area contributed by atoms with Gasteiger partial charge in [0.05, 0.1) is 0 Å². The van der Waals surface area contributed by atoms with E-state index in [2.05, 4.69) is 0 Å². The zero-order valence-electron chi connectivity index (χ0n) is 20.0. The average molecular weight is 483 g/mol. The van der Waals surface area contributed by atoms with E-state index in [4.69, 9.17) is 0 Å². The zero-order chi connectivity index (χ0) is 25.3. The van der Waals surface area contributed by atoms with E-state index >= 15 is 0 Å². The number of hydrogen-bond donors (Lipinski definition) is 0. The normalized spacial score (nSPS) is 19.8. The number of rotatable bonds is 2. The Morgan fingerprint density at radius 3 is 1.16 bits per heavy atom. The Labute approximate surface area is 214 Å². The molecule has 0 radical (unpaired) electrons. The third-order valence-electron chi connectivity index (χ3n) is 8.28. The van der Waals surface area contributed by atoms with Crippen molar-refractivity contribution in [1.82, 2.24) is 0 Å². The van der Waals surface area contributed by atoms with Crippen molar-refractivity contribution in [2.24, 2.45) is 0 Å². The van der Waals surface area contributed by atoms with Crippen molar-refractivity contribution >= 4 is 23.1 Å². The molecule has 0 aliphatic heterocycles. The van der Waals surface area contributed by atoms with Crippen LogP contribution < -0.4 is 0 Å². The lowest BCUT2D eigenvalue weighted by atomic mass is 9.73. The van der Waals surface area contributed by atoms with Crippen LogP contribution in [0.5, 0.6) is 0 Å². The van der Waals surface area contributed by atoms with Gasteiger partial charge < -0.3 is 0 Å². The predicted octanol–water partition coefficient (Wildman–Crippen LogP) is 6.29. The Balaban J connectivity index is 1.37. The number of benzene rings is 4. The molecular formula is C33H22O4. The van der Waals surface area contributed by atoms with Crippen LogP contribution in [0.15, 0.2) is 84.9 Å². The Kier molecular flexibility index (Phi) is 4.74. The third kappa shape index (κ3) is 3.02. The van der Waals surface area contributed by atoms with E-state index in [9.17, 15) is 19.2 Å². The maximum Gasteiger partial charge on any atom is 0.194 e. The molecule has 4 aromatic rings. The summed E-state index contributed by atoms with van der Waals surface area (Å²) in [7, 11) is 0. The summed E-state index contributed by atoms with van der Waals surface area (Å²) < 4.78 is 0. The molecule has 178 valence electrons. The molecule has 0 amide bonds.